The first-order valence-electron chi connectivity index (χ1n) is 11.1. The second kappa shape index (κ2) is 10.5. The van der Waals surface area contributed by atoms with Crippen LogP contribution in [0.5, 0.6) is 0 Å². The molecule has 5 nitrogen and oxygen atoms in total. The van der Waals surface area contributed by atoms with E-state index in [2.05, 4.69) is 46.1 Å². The van der Waals surface area contributed by atoms with E-state index in [1.54, 1.807) is 0 Å². The first-order chi connectivity index (χ1) is 16.0. The average Bonchev–Trinajstić information content (AvgIpc) is 3.21. The molecule has 0 spiro atoms. The zero-order valence-electron chi connectivity index (χ0n) is 18.8. The van der Waals surface area contributed by atoms with Gasteiger partial charge in [-0.15, -0.1) is 10.2 Å². The van der Waals surface area contributed by atoms with Gasteiger partial charge in [0.2, 0.25) is 0 Å². The molecule has 0 aliphatic heterocycles. The predicted octanol–water partition coefficient (Wildman–Crippen LogP) is 5.80. The van der Waals surface area contributed by atoms with Gasteiger partial charge in [0.25, 0.3) is 5.91 Å². The monoisotopic (exact) mass is 456 g/mol. The fraction of sp³-hybridized carbons (Fsp3) is 0.222. The lowest BCUT2D eigenvalue weighted by Gasteiger charge is -2.16. The van der Waals surface area contributed by atoms with E-state index in [0.717, 1.165) is 29.3 Å². The van der Waals surface area contributed by atoms with Crippen molar-refractivity contribution in [3.05, 3.63) is 113 Å². The van der Waals surface area contributed by atoms with Gasteiger partial charge in [-0.25, -0.2) is 0 Å². The van der Waals surface area contributed by atoms with Crippen molar-refractivity contribution in [3.63, 3.8) is 0 Å². The zero-order valence-corrected chi connectivity index (χ0v) is 19.7. The Morgan fingerprint density at radius 2 is 1.55 bits per heavy atom. The van der Waals surface area contributed by atoms with E-state index in [-0.39, 0.29) is 11.2 Å². The summed E-state index contributed by atoms with van der Waals surface area (Å²) in [7, 11) is 0. The SMILES string of the molecule is CC(C)Cc1nnc(C(S)c2ccc(C(=O)Nc3ccccc3)cc2)n1Cc1ccccc1. The van der Waals surface area contributed by atoms with Crippen LogP contribution in [0.4, 0.5) is 5.69 Å². The Bertz CT molecular complexity index is 1190. The summed E-state index contributed by atoms with van der Waals surface area (Å²) in [6, 6.07) is 27.3. The van der Waals surface area contributed by atoms with E-state index in [4.69, 9.17) is 12.6 Å². The van der Waals surface area contributed by atoms with Gasteiger partial charge in [0, 0.05) is 17.7 Å². The minimum absolute atomic E-state index is 0.144. The van der Waals surface area contributed by atoms with Crippen molar-refractivity contribution >= 4 is 24.2 Å². The van der Waals surface area contributed by atoms with E-state index in [1.807, 2.05) is 72.8 Å². The van der Waals surface area contributed by atoms with Crippen LogP contribution in [-0.2, 0) is 13.0 Å². The maximum Gasteiger partial charge on any atom is 0.255 e. The number of para-hydroxylation sites is 1. The fourth-order valence-corrected chi connectivity index (χ4v) is 4.06. The maximum absolute atomic E-state index is 12.6. The molecule has 3 aromatic carbocycles. The fourth-order valence-electron chi connectivity index (χ4n) is 3.70. The van der Waals surface area contributed by atoms with Crippen molar-refractivity contribution in [2.75, 3.05) is 5.32 Å². The van der Waals surface area contributed by atoms with Gasteiger partial charge in [-0.1, -0.05) is 74.5 Å². The number of hydrogen-bond acceptors (Lipinski definition) is 4. The Labute approximate surface area is 200 Å². The van der Waals surface area contributed by atoms with Crippen molar-refractivity contribution in [2.45, 2.75) is 32.1 Å². The molecule has 1 unspecified atom stereocenters. The molecule has 0 saturated carbocycles. The topological polar surface area (TPSA) is 59.8 Å². The zero-order chi connectivity index (χ0) is 23.2. The van der Waals surface area contributed by atoms with E-state index in [1.165, 1.54) is 5.56 Å². The van der Waals surface area contributed by atoms with Crippen LogP contribution in [0.2, 0.25) is 0 Å². The molecule has 1 aromatic heterocycles. The van der Waals surface area contributed by atoms with Gasteiger partial charge in [-0.05, 0) is 41.3 Å². The molecule has 168 valence electrons. The molecule has 1 heterocycles. The quantitative estimate of drug-likeness (QED) is 0.330. The summed E-state index contributed by atoms with van der Waals surface area (Å²) < 4.78 is 2.17. The molecular formula is C27H28N4OS. The van der Waals surface area contributed by atoms with Gasteiger partial charge in [0.15, 0.2) is 5.82 Å². The lowest BCUT2D eigenvalue weighted by atomic mass is 10.1. The van der Waals surface area contributed by atoms with Crippen molar-refractivity contribution in [3.8, 4) is 0 Å². The summed E-state index contributed by atoms with van der Waals surface area (Å²) in [5.74, 6) is 2.09. The third kappa shape index (κ3) is 5.71. The van der Waals surface area contributed by atoms with E-state index < -0.39 is 0 Å². The third-order valence-corrected chi connectivity index (χ3v) is 5.92. The number of rotatable bonds is 8. The first kappa shape index (κ1) is 22.8. The standard InChI is InChI=1S/C27H28N4OS/c1-19(2)17-24-29-30-26(31(24)18-20-9-5-3-6-10-20)25(33)21-13-15-22(16-14-21)27(32)28-23-11-7-4-8-12-23/h3-16,19,25,33H,17-18H2,1-2H3,(H,28,32). The maximum atomic E-state index is 12.6. The molecule has 1 N–H and O–H groups in total. The number of nitrogens with one attached hydrogen (secondary N) is 1. The highest BCUT2D eigenvalue weighted by molar-refractivity contribution is 7.80. The van der Waals surface area contributed by atoms with Crippen LogP contribution in [0.15, 0.2) is 84.9 Å². The van der Waals surface area contributed by atoms with Gasteiger partial charge in [0.1, 0.15) is 5.82 Å². The summed E-state index contributed by atoms with van der Waals surface area (Å²) in [5, 5.41) is 11.7. The normalized spacial score (nSPS) is 12.0. The Morgan fingerprint density at radius 3 is 2.18 bits per heavy atom. The van der Waals surface area contributed by atoms with Crippen molar-refractivity contribution < 1.29 is 4.79 Å². The number of benzene rings is 3. The van der Waals surface area contributed by atoms with Gasteiger partial charge in [-0.2, -0.15) is 12.6 Å². The molecule has 4 aromatic rings. The van der Waals surface area contributed by atoms with Crippen LogP contribution in [0.1, 0.15) is 52.2 Å². The second-order valence-electron chi connectivity index (χ2n) is 8.49. The van der Waals surface area contributed by atoms with Crippen LogP contribution in [0.25, 0.3) is 0 Å². The molecule has 1 atom stereocenters. The van der Waals surface area contributed by atoms with E-state index in [0.29, 0.717) is 18.0 Å². The second-order valence-corrected chi connectivity index (χ2v) is 9.01. The molecule has 0 fully saturated rings. The minimum atomic E-state index is -0.256. The summed E-state index contributed by atoms with van der Waals surface area (Å²) in [6.07, 6.45) is 0.846. The highest BCUT2D eigenvalue weighted by Gasteiger charge is 2.21. The van der Waals surface area contributed by atoms with Gasteiger partial charge >= 0.3 is 0 Å². The summed E-state index contributed by atoms with van der Waals surface area (Å²) in [6.45, 7) is 5.05. The lowest BCUT2D eigenvalue weighted by Crippen LogP contribution is -2.13. The number of amides is 1. The summed E-state index contributed by atoms with van der Waals surface area (Å²) in [4.78, 5) is 12.6. The van der Waals surface area contributed by atoms with E-state index >= 15 is 0 Å². The van der Waals surface area contributed by atoms with E-state index in [9.17, 15) is 4.79 Å². The van der Waals surface area contributed by atoms with Gasteiger partial charge < -0.3 is 9.88 Å². The average molecular weight is 457 g/mol. The summed E-state index contributed by atoms with van der Waals surface area (Å²) in [5.41, 5.74) is 3.52. The summed E-state index contributed by atoms with van der Waals surface area (Å²) >= 11 is 4.89. The Kier molecular flexibility index (Phi) is 7.25. The predicted molar refractivity (Wildman–Crippen MR) is 136 cm³/mol. The number of aromatic nitrogens is 3. The minimum Gasteiger partial charge on any atom is -0.322 e. The molecule has 0 saturated heterocycles. The largest absolute Gasteiger partial charge is 0.322 e. The Balaban J connectivity index is 1.56. The van der Waals surface area contributed by atoms with Crippen molar-refractivity contribution in [1.29, 1.82) is 0 Å². The lowest BCUT2D eigenvalue weighted by molar-refractivity contribution is 0.102. The number of carbonyl (C=O) groups is 1. The smallest absolute Gasteiger partial charge is 0.255 e. The Morgan fingerprint density at radius 1 is 0.909 bits per heavy atom. The molecular weight excluding hydrogens is 428 g/mol. The molecule has 1 amide bonds. The van der Waals surface area contributed by atoms with Crippen molar-refractivity contribution in [2.24, 2.45) is 5.92 Å². The van der Waals surface area contributed by atoms with Crippen LogP contribution in [0.3, 0.4) is 0 Å². The number of carbonyl (C=O) groups excluding carboxylic acids is 1. The molecule has 6 heteroatoms. The molecule has 33 heavy (non-hydrogen) atoms. The highest BCUT2D eigenvalue weighted by atomic mass is 32.1. The number of hydrogen-bond donors (Lipinski definition) is 2. The third-order valence-electron chi connectivity index (χ3n) is 5.40. The highest BCUT2D eigenvalue weighted by Crippen LogP contribution is 2.29. The Hall–Kier alpha value is -3.38. The van der Waals surface area contributed by atoms with Crippen LogP contribution >= 0.6 is 12.6 Å². The number of nitrogens with zero attached hydrogens (tertiary/aromatic N) is 3. The first-order valence-corrected chi connectivity index (χ1v) is 11.6. The number of anilines is 1. The molecule has 0 bridgehead atoms. The molecule has 0 aliphatic rings. The van der Waals surface area contributed by atoms with Gasteiger partial charge in [-0.3, -0.25) is 4.79 Å². The molecule has 0 radical (unpaired) electrons. The van der Waals surface area contributed by atoms with Crippen LogP contribution in [0, 0.1) is 5.92 Å². The van der Waals surface area contributed by atoms with Crippen LogP contribution < -0.4 is 5.32 Å². The molecule has 0 aliphatic carbocycles. The number of thiol groups is 1. The van der Waals surface area contributed by atoms with Crippen LogP contribution in [-0.4, -0.2) is 20.7 Å². The molecule has 4 rings (SSSR count). The van der Waals surface area contributed by atoms with Gasteiger partial charge in [0.05, 0.1) is 11.8 Å². The van der Waals surface area contributed by atoms with Crippen molar-refractivity contribution in [1.82, 2.24) is 14.8 Å².